The lowest BCUT2D eigenvalue weighted by molar-refractivity contribution is -0.149. The van der Waals surface area contributed by atoms with Crippen LogP contribution in [0.1, 0.15) is 38.2 Å². The van der Waals surface area contributed by atoms with Crippen molar-refractivity contribution in [3.05, 3.63) is 35.9 Å². The number of benzene rings is 1. The minimum Gasteiger partial charge on any atom is -0.338 e. The van der Waals surface area contributed by atoms with E-state index in [0.29, 0.717) is 32.3 Å². The molecule has 2 aliphatic heterocycles. The second-order valence-corrected chi connectivity index (χ2v) is 6.68. The van der Waals surface area contributed by atoms with E-state index in [-0.39, 0.29) is 18.0 Å². The summed E-state index contributed by atoms with van der Waals surface area (Å²) in [6.07, 6.45) is 2.89. The predicted octanol–water partition coefficient (Wildman–Crippen LogP) is 1.26. The molecule has 1 N–H and O–H groups in total. The molecule has 0 aliphatic carbocycles. The number of nitrogens with one attached hydrogen (secondary N) is 1. The maximum absolute atomic E-state index is 13.2. The third kappa shape index (κ3) is 2.88. The van der Waals surface area contributed by atoms with Crippen LogP contribution in [-0.2, 0) is 20.9 Å². The molecule has 6 nitrogen and oxygen atoms in total. The van der Waals surface area contributed by atoms with Crippen LogP contribution in [0.4, 0.5) is 0 Å². The fourth-order valence-electron chi connectivity index (χ4n) is 3.72. The van der Waals surface area contributed by atoms with E-state index in [0.717, 1.165) is 18.4 Å². The van der Waals surface area contributed by atoms with E-state index in [2.05, 4.69) is 5.32 Å². The highest BCUT2D eigenvalue weighted by Gasteiger charge is 2.50. The number of nitrogens with zero attached hydrogens (tertiary/aromatic N) is 2. The van der Waals surface area contributed by atoms with Gasteiger partial charge in [-0.2, -0.15) is 0 Å². The van der Waals surface area contributed by atoms with Gasteiger partial charge in [0.15, 0.2) is 0 Å². The molecule has 2 fully saturated rings. The Morgan fingerprint density at radius 2 is 2.12 bits per heavy atom. The topological polar surface area (TPSA) is 69.7 Å². The Kier molecular flexibility index (Phi) is 4.55. The highest BCUT2D eigenvalue weighted by atomic mass is 16.2. The van der Waals surface area contributed by atoms with Crippen molar-refractivity contribution in [3.8, 4) is 0 Å². The van der Waals surface area contributed by atoms with Gasteiger partial charge in [-0.1, -0.05) is 30.3 Å². The third-order valence-electron chi connectivity index (χ3n) is 5.14. The van der Waals surface area contributed by atoms with Gasteiger partial charge in [0.1, 0.15) is 11.7 Å². The molecule has 3 amide bonds. The summed E-state index contributed by atoms with van der Waals surface area (Å²) in [7, 11) is 0. The maximum atomic E-state index is 13.2. The number of hydrogen-bond donors (Lipinski definition) is 1. The highest BCUT2D eigenvalue weighted by molar-refractivity contribution is 5.94. The minimum atomic E-state index is -0.847. The van der Waals surface area contributed by atoms with Crippen LogP contribution in [0.5, 0.6) is 0 Å². The largest absolute Gasteiger partial charge is 0.338 e. The summed E-state index contributed by atoms with van der Waals surface area (Å²) >= 11 is 0. The second kappa shape index (κ2) is 6.63. The molecule has 0 bridgehead atoms. The van der Waals surface area contributed by atoms with Gasteiger partial charge < -0.3 is 15.1 Å². The molecule has 1 aromatic carbocycles. The van der Waals surface area contributed by atoms with Crippen LogP contribution in [0, 0.1) is 0 Å². The van der Waals surface area contributed by atoms with Gasteiger partial charge in [-0.25, -0.2) is 0 Å². The standard InChI is InChI=1S/C18H23N3O3/c1-18(17(24)20-11-5-8-15(20)19-13-22)10-9-16(23)21(18)12-14-6-3-2-4-7-14/h2-4,6-7,13,15H,5,8-12H2,1H3,(H,19,22). The lowest BCUT2D eigenvalue weighted by Crippen LogP contribution is -2.58. The van der Waals surface area contributed by atoms with Gasteiger partial charge in [0.2, 0.25) is 18.2 Å². The molecule has 2 heterocycles. The average Bonchev–Trinajstić information content (AvgIpc) is 3.16. The van der Waals surface area contributed by atoms with Crippen molar-refractivity contribution in [3.63, 3.8) is 0 Å². The average molecular weight is 329 g/mol. The molecule has 3 rings (SSSR count). The Bertz CT molecular complexity index is 634. The normalized spacial score (nSPS) is 26.7. The van der Waals surface area contributed by atoms with Gasteiger partial charge in [-0.3, -0.25) is 14.4 Å². The Hall–Kier alpha value is -2.37. The van der Waals surface area contributed by atoms with Crippen LogP contribution >= 0.6 is 0 Å². The maximum Gasteiger partial charge on any atom is 0.249 e. The first-order valence-electron chi connectivity index (χ1n) is 8.41. The van der Waals surface area contributed by atoms with E-state index < -0.39 is 5.54 Å². The van der Waals surface area contributed by atoms with Crippen molar-refractivity contribution in [1.82, 2.24) is 15.1 Å². The van der Waals surface area contributed by atoms with Crippen molar-refractivity contribution in [2.24, 2.45) is 0 Å². The van der Waals surface area contributed by atoms with Gasteiger partial charge in [0.05, 0.1) is 0 Å². The molecule has 6 heteroatoms. The molecule has 2 aliphatic rings. The van der Waals surface area contributed by atoms with Crippen LogP contribution in [0.25, 0.3) is 0 Å². The quantitative estimate of drug-likeness (QED) is 0.827. The molecule has 24 heavy (non-hydrogen) atoms. The summed E-state index contributed by atoms with van der Waals surface area (Å²) in [6, 6.07) is 9.71. The van der Waals surface area contributed by atoms with Gasteiger partial charge in [0.25, 0.3) is 0 Å². The number of likely N-dealkylation sites (tertiary alicyclic amines) is 2. The summed E-state index contributed by atoms with van der Waals surface area (Å²) in [5.74, 6) is -0.0603. The zero-order chi connectivity index (χ0) is 17.2. The van der Waals surface area contributed by atoms with Crippen LogP contribution in [-0.4, -0.2) is 46.3 Å². The molecule has 128 valence electrons. The Morgan fingerprint density at radius 1 is 1.38 bits per heavy atom. The number of rotatable bonds is 5. The number of carbonyl (C=O) groups excluding carboxylic acids is 3. The molecule has 0 saturated carbocycles. The summed E-state index contributed by atoms with van der Waals surface area (Å²) in [5, 5.41) is 2.71. The monoisotopic (exact) mass is 329 g/mol. The molecule has 2 unspecified atom stereocenters. The van der Waals surface area contributed by atoms with E-state index in [4.69, 9.17) is 0 Å². The van der Waals surface area contributed by atoms with Crippen LogP contribution < -0.4 is 5.32 Å². The molecular formula is C18H23N3O3. The van der Waals surface area contributed by atoms with E-state index in [9.17, 15) is 14.4 Å². The first-order valence-corrected chi connectivity index (χ1v) is 8.41. The summed E-state index contributed by atoms with van der Waals surface area (Å²) < 4.78 is 0. The van der Waals surface area contributed by atoms with Gasteiger partial charge >= 0.3 is 0 Å². The summed E-state index contributed by atoms with van der Waals surface area (Å²) in [6.45, 7) is 2.90. The lowest BCUT2D eigenvalue weighted by Gasteiger charge is -2.38. The zero-order valence-electron chi connectivity index (χ0n) is 13.9. The molecule has 2 saturated heterocycles. The van der Waals surface area contributed by atoms with Crippen molar-refractivity contribution in [2.75, 3.05) is 6.54 Å². The van der Waals surface area contributed by atoms with Crippen molar-refractivity contribution in [1.29, 1.82) is 0 Å². The van der Waals surface area contributed by atoms with E-state index >= 15 is 0 Å². The second-order valence-electron chi connectivity index (χ2n) is 6.68. The van der Waals surface area contributed by atoms with E-state index in [1.807, 2.05) is 37.3 Å². The predicted molar refractivity (Wildman–Crippen MR) is 88.6 cm³/mol. The van der Waals surface area contributed by atoms with Crippen molar-refractivity contribution in [2.45, 2.75) is 50.9 Å². The summed E-state index contributed by atoms with van der Waals surface area (Å²) in [5.41, 5.74) is 0.163. The van der Waals surface area contributed by atoms with Crippen LogP contribution in [0.2, 0.25) is 0 Å². The SMILES string of the molecule is CC1(C(=O)N2CCCC2NC=O)CCC(=O)N1Cc1ccccc1. The van der Waals surface area contributed by atoms with Crippen LogP contribution in [0.3, 0.4) is 0 Å². The molecular weight excluding hydrogens is 306 g/mol. The van der Waals surface area contributed by atoms with Gasteiger partial charge in [-0.05, 0) is 31.7 Å². The fourth-order valence-corrected chi connectivity index (χ4v) is 3.72. The Balaban J connectivity index is 1.82. The van der Waals surface area contributed by atoms with Crippen molar-refractivity contribution < 1.29 is 14.4 Å². The van der Waals surface area contributed by atoms with Gasteiger partial charge in [-0.15, -0.1) is 0 Å². The van der Waals surface area contributed by atoms with Crippen LogP contribution in [0.15, 0.2) is 30.3 Å². The zero-order valence-corrected chi connectivity index (χ0v) is 13.9. The first-order chi connectivity index (χ1) is 11.6. The van der Waals surface area contributed by atoms with E-state index in [1.54, 1.807) is 9.80 Å². The molecule has 0 aromatic heterocycles. The molecule has 0 spiro atoms. The molecule has 0 radical (unpaired) electrons. The van der Waals surface area contributed by atoms with Crippen molar-refractivity contribution >= 4 is 18.2 Å². The minimum absolute atomic E-state index is 0.00814. The van der Waals surface area contributed by atoms with Gasteiger partial charge in [0, 0.05) is 19.5 Å². The Labute approximate surface area is 141 Å². The first kappa shape index (κ1) is 16.5. The molecule has 1 aromatic rings. The molecule has 2 atom stereocenters. The number of carbonyl (C=O) groups is 3. The highest BCUT2D eigenvalue weighted by Crippen LogP contribution is 2.35. The number of amides is 3. The smallest absolute Gasteiger partial charge is 0.249 e. The van der Waals surface area contributed by atoms with E-state index in [1.165, 1.54) is 0 Å². The Morgan fingerprint density at radius 3 is 2.83 bits per heavy atom. The lowest BCUT2D eigenvalue weighted by atomic mass is 9.96. The summed E-state index contributed by atoms with van der Waals surface area (Å²) in [4.78, 5) is 39.8. The third-order valence-corrected chi connectivity index (χ3v) is 5.14. The number of hydrogen-bond acceptors (Lipinski definition) is 3. The fraction of sp³-hybridized carbons (Fsp3) is 0.500.